The summed E-state index contributed by atoms with van der Waals surface area (Å²) in [6.07, 6.45) is 2.13. The largest absolute Gasteiger partial charge is 0.0958 e. The normalized spacial score (nSPS) is 14.5. The Hall–Kier alpha value is -0.780. The predicted octanol–water partition coefficient (Wildman–Crippen LogP) is 3.87. The van der Waals surface area contributed by atoms with Gasteiger partial charge in [-0.3, -0.25) is 0 Å². The average molecular weight is 150 g/mol. The topological polar surface area (TPSA) is 0 Å². The molecule has 0 aromatic carbocycles. The Morgan fingerprint density at radius 1 is 1.00 bits per heavy atom. The maximum absolute atomic E-state index is 3.91. The Morgan fingerprint density at radius 2 is 1.45 bits per heavy atom. The van der Waals surface area contributed by atoms with E-state index in [9.17, 15) is 0 Å². The maximum Gasteiger partial charge on any atom is -0.0393 e. The van der Waals surface area contributed by atoms with Gasteiger partial charge in [0.05, 0.1) is 0 Å². The molecule has 0 nitrogen and oxygen atoms in total. The van der Waals surface area contributed by atoms with E-state index < -0.39 is 0 Å². The number of rotatable bonds is 2. The molecular formula is C11H18. The molecule has 0 saturated carbocycles. The van der Waals surface area contributed by atoms with E-state index in [0.717, 1.165) is 5.57 Å². The fourth-order valence-corrected chi connectivity index (χ4v) is 0.832. The first-order chi connectivity index (χ1) is 5.00. The third-order valence-electron chi connectivity index (χ3n) is 2.23. The van der Waals surface area contributed by atoms with Crippen molar-refractivity contribution in [2.75, 3.05) is 0 Å². The van der Waals surface area contributed by atoms with E-state index in [4.69, 9.17) is 0 Å². The number of hydrogen-bond acceptors (Lipinski definition) is 0. The van der Waals surface area contributed by atoms with Crippen molar-refractivity contribution in [3.8, 4) is 0 Å². The van der Waals surface area contributed by atoms with Crippen LogP contribution in [0.25, 0.3) is 0 Å². The van der Waals surface area contributed by atoms with Crippen LogP contribution in [0.2, 0.25) is 0 Å². The number of allylic oxidation sites excluding steroid dienone is 5. The van der Waals surface area contributed by atoms with Gasteiger partial charge >= 0.3 is 0 Å². The van der Waals surface area contributed by atoms with Gasteiger partial charge in [0, 0.05) is 0 Å². The molecule has 62 valence electrons. The fraction of sp³-hybridized carbons (Fsp3) is 0.455. The summed E-state index contributed by atoms with van der Waals surface area (Å²) in [7, 11) is 0. The van der Waals surface area contributed by atoms with Crippen molar-refractivity contribution in [3.05, 3.63) is 34.9 Å². The van der Waals surface area contributed by atoms with Gasteiger partial charge < -0.3 is 0 Å². The van der Waals surface area contributed by atoms with Crippen LogP contribution >= 0.6 is 0 Å². The minimum absolute atomic E-state index is 1.16. The zero-order valence-electron chi connectivity index (χ0n) is 8.28. The monoisotopic (exact) mass is 150 g/mol. The molecule has 0 amide bonds. The van der Waals surface area contributed by atoms with Gasteiger partial charge in [0.2, 0.25) is 0 Å². The van der Waals surface area contributed by atoms with E-state index in [2.05, 4.69) is 40.3 Å². The highest BCUT2D eigenvalue weighted by Crippen LogP contribution is 2.17. The summed E-state index contributed by atoms with van der Waals surface area (Å²) in [5.74, 6) is 0. The first-order valence-corrected chi connectivity index (χ1v) is 3.97. The summed E-state index contributed by atoms with van der Waals surface area (Å²) in [6.45, 7) is 14.4. The summed E-state index contributed by atoms with van der Waals surface area (Å²) in [5, 5.41) is 0. The van der Waals surface area contributed by atoms with Crippen molar-refractivity contribution >= 4 is 0 Å². The van der Waals surface area contributed by atoms with Crippen LogP contribution in [0.1, 0.15) is 34.6 Å². The van der Waals surface area contributed by atoms with Gasteiger partial charge in [0.1, 0.15) is 0 Å². The molecular weight excluding hydrogens is 132 g/mol. The summed E-state index contributed by atoms with van der Waals surface area (Å²) in [4.78, 5) is 0. The lowest BCUT2D eigenvalue weighted by Crippen LogP contribution is -1.86. The van der Waals surface area contributed by atoms with Crippen molar-refractivity contribution in [2.24, 2.45) is 0 Å². The van der Waals surface area contributed by atoms with E-state index in [1.807, 2.05) is 6.92 Å². The van der Waals surface area contributed by atoms with E-state index >= 15 is 0 Å². The Labute approximate surface area is 70.3 Å². The van der Waals surface area contributed by atoms with Crippen molar-refractivity contribution in [2.45, 2.75) is 34.6 Å². The second-order valence-electron chi connectivity index (χ2n) is 3.00. The molecule has 11 heavy (non-hydrogen) atoms. The molecule has 0 heteroatoms. The van der Waals surface area contributed by atoms with Crippen LogP contribution in [0.15, 0.2) is 34.9 Å². The molecule has 0 aromatic heterocycles. The predicted molar refractivity (Wildman–Crippen MR) is 52.6 cm³/mol. The highest BCUT2D eigenvalue weighted by Gasteiger charge is 1.97. The van der Waals surface area contributed by atoms with E-state index in [-0.39, 0.29) is 0 Å². The minimum Gasteiger partial charge on any atom is -0.0958 e. The zero-order valence-corrected chi connectivity index (χ0v) is 8.28. The smallest absolute Gasteiger partial charge is 0.0393 e. The van der Waals surface area contributed by atoms with Gasteiger partial charge in [-0.05, 0) is 45.8 Å². The molecule has 0 spiro atoms. The standard InChI is InChI=1S/C11H18/c1-7-9(4)11(6)10(5)8(2)3/h7H,2H2,1,3-6H3/b9-7+,11-10+. The molecule has 0 unspecified atom stereocenters. The first-order valence-electron chi connectivity index (χ1n) is 3.97. The zero-order chi connectivity index (χ0) is 9.02. The van der Waals surface area contributed by atoms with Gasteiger partial charge in [0.25, 0.3) is 0 Å². The lowest BCUT2D eigenvalue weighted by Gasteiger charge is -2.06. The molecule has 0 aliphatic heterocycles. The number of hydrogen-bond donors (Lipinski definition) is 0. The van der Waals surface area contributed by atoms with Gasteiger partial charge in [-0.2, -0.15) is 0 Å². The van der Waals surface area contributed by atoms with Crippen molar-refractivity contribution < 1.29 is 0 Å². The molecule has 0 fully saturated rings. The van der Waals surface area contributed by atoms with Crippen LogP contribution in [0, 0.1) is 0 Å². The third kappa shape index (κ3) is 2.75. The second-order valence-corrected chi connectivity index (χ2v) is 3.00. The second kappa shape index (κ2) is 4.17. The van der Waals surface area contributed by atoms with Gasteiger partial charge in [0.15, 0.2) is 0 Å². The molecule has 0 saturated heterocycles. The minimum atomic E-state index is 1.16. The van der Waals surface area contributed by atoms with E-state index in [1.54, 1.807) is 0 Å². The third-order valence-corrected chi connectivity index (χ3v) is 2.23. The Balaban J connectivity index is 4.81. The Bertz CT molecular complexity index is 214. The summed E-state index contributed by atoms with van der Waals surface area (Å²) < 4.78 is 0. The highest BCUT2D eigenvalue weighted by molar-refractivity contribution is 5.39. The van der Waals surface area contributed by atoms with Crippen LogP contribution in [0.3, 0.4) is 0 Å². The van der Waals surface area contributed by atoms with Crippen LogP contribution in [0.5, 0.6) is 0 Å². The van der Waals surface area contributed by atoms with Crippen LogP contribution in [-0.2, 0) is 0 Å². The van der Waals surface area contributed by atoms with Crippen LogP contribution in [0.4, 0.5) is 0 Å². The first kappa shape index (κ1) is 10.2. The fourth-order valence-electron chi connectivity index (χ4n) is 0.832. The lowest BCUT2D eigenvalue weighted by molar-refractivity contribution is 1.22. The van der Waals surface area contributed by atoms with Gasteiger partial charge in [-0.1, -0.05) is 23.8 Å². The van der Waals surface area contributed by atoms with E-state index in [0.29, 0.717) is 0 Å². The molecule has 0 radical (unpaired) electrons. The Kier molecular flexibility index (Phi) is 3.88. The van der Waals surface area contributed by atoms with Crippen molar-refractivity contribution in [1.82, 2.24) is 0 Å². The SMILES string of the molecule is C=C(C)/C(C)=C(C)/C(C)=C/C. The molecule has 0 aliphatic carbocycles. The Morgan fingerprint density at radius 3 is 1.73 bits per heavy atom. The quantitative estimate of drug-likeness (QED) is 0.524. The lowest BCUT2D eigenvalue weighted by atomic mass is 10.00. The molecule has 0 N–H and O–H groups in total. The van der Waals surface area contributed by atoms with Gasteiger partial charge in [-0.25, -0.2) is 0 Å². The molecule has 0 atom stereocenters. The maximum atomic E-state index is 3.91. The van der Waals surface area contributed by atoms with Gasteiger partial charge in [-0.15, -0.1) is 0 Å². The molecule has 0 rings (SSSR count). The summed E-state index contributed by atoms with van der Waals surface area (Å²) in [5.41, 5.74) is 5.15. The summed E-state index contributed by atoms with van der Waals surface area (Å²) >= 11 is 0. The summed E-state index contributed by atoms with van der Waals surface area (Å²) in [6, 6.07) is 0. The average Bonchev–Trinajstić information content (AvgIpc) is 2.00. The molecule has 0 aromatic rings. The van der Waals surface area contributed by atoms with Crippen molar-refractivity contribution in [1.29, 1.82) is 0 Å². The van der Waals surface area contributed by atoms with Crippen molar-refractivity contribution in [3.63, 3.8) is 0 Å². The van der Waals surface area contributed by atoms with Crippen LogP contribution < -0.4 is 0 Å². The molecule has 0 bridgehead atoms. The molecule has 0 aliphatic rings. The van der Waals surface area contributed by atoms with Crippen LogP contribution in [-0.4, -0.2) is 0 Å². The molecule has 0 heterocycles. The highest BCUT2D eigenvalue weighted by atomic mass is 14.0. The van der Waals surface area contributed by atoms with E-state index in [1.165, 1.54) is 16.7 Å².